The van der Waals surface area contributed by atoms with E-state index in [4.69, 9.17) is 9.47 Å². The molecule has 3 rings (SSSR count). The number of benzene rings is 1. The molecule has 0 spiro atoms. The summed E-state index contributed by atoms with van der Waals surface area (Å²) in [5.41, 5.74) is 1.21. The van der Waals surface area contributed by atoms with Crippen molar-refractivity contribution in [3.8, 4) is 5.75 Å². The normalized spacial score (nSPS) is 19.5. The Morgan fingerprint density at radius 2 is 2.17 bits per heavy atom. The first-order chi connectivity index (χ1) is 11.8. The quantitative estimate of drug-likeness (QED) is 0.794. The van der Waals surface area contributed by atoms with Gasteiger partial charge in [-0.2, -0.15) is 0 Å². The van der Waals surface area contributed by atoms with Crippen molar-refractivity contribution in [3.05, 3.63) is 52.2 Å². The number of likely N-dealkylation sites (tertiary alicyclic amines) is 1. The second kappa shape index (κ2) is 8.62. The second-order valence-electron chi connectivity index (χ2n) is 6.14. The van der Waals surface area contributed by atoms with E-state index in [0.717, 1.165) is 25.1 Å². The molecule has 2 aromatic rings. The van der Waals surface area contributed by atoms with Crippen molar-refractivity contribution in [3.63, 3.8) is 0 Å². The number of thiophene rings is 1. The van der Waals surface area contributed by atoms with Crippen LogP contribution in [-0.2, 0) is 11.3 Å². The third kappa shape index (κ3) is 4.36. The number of methoxy groups -OCH3 is 1. The molecule has 5 heteroatoms. The highest BCUT2D eigenvalue weighted by Gasteiger charge is 2.29. The summed E-state index contributed by atoms with van der Waals surface area (Å²) in [6.07, 6.45) is 1.77. The lowest BCUT2D eigenvalue weighted by atomic mass is 10.0. The van der Waals surface area contributed by atoms with Crippen LogP contribution in [0.5, 0.6) is 5.75 Å². The molecule has 1 fully saturated rings. The average Bonchev–Trinajstić information content (AvgIpc) is 3.26. The van der Waals surface area contributed by atoms with Gasteiger partial charge in [0.1, 0.15) is 5.75 Å². The molecule has 1 saturated heterocycles. The number of ether oxygens (including phenoxy) is 2. The van der Waals surface area contributed by atoms with Gasteiger partial charge < -0.3 is 14.6 Å². The molecule has 0 aliphatic carbocycles. The van der Waals surface area contributed by atoms with Crippen molar-refractivity contribution in [1.82, 2.24) is 4.90 Å². The number of rotatable bonds is 8. The second-order valence-corrected chi connectivity index (χ2v) is 7.18. The molecule has 0 saturated carbocycles. The Hall–Kier alpha value is -1.40. The molecule has 0 radical (unpaired) electrons. The molecule has 1 aromatic carbocycles. The van der Waals surface area contributed by atoms with Gasteiger partial charge in [-0.3, -0.25) is 4.90 Å². The van der Waals surface area contributed by atoms with E-state index in [1.807, 2.05) is 23.6 Å². The maximum Gasteiger partial charge on any atom is 0.123 e. The molecule has 2 atom stereocenters. The monoisotopic (exact) mass is 347 g/mol. The van der Waals surface area contributed by atoms with Crippen molar-refractivity contribution >= 4 is 11.3 Å². The van der Waals surface area contributed by atoms with Gasteiger partial charge in [0.15, 0.2) is 0 Å². The molecule has 130 valence electrons. The fourth-order valence-corrected chi connectivity index (χ4v) is 3.99. The third-order valence-electron chi connectivity index (χ3n) is 4.44. The van der Waals surface area contributed by atoms with Gasteiger partial charge >= 0.3 is 0 Å². The maximum absolute atomic E-state index is 10.3. The molecule has 4 nitrogen and oxygen atoms in total. The van der Waals surface area contributed by atoms with E-state index in [1.165, 1.54) is 10.4 Å². The van der Waals surface area contributed by atoms with Crippen LogP contribution in [0, 0.1) is 0 Å². The van der Waals surface area contributed by atoms with Gasteiger partial charge in [-0.05, 0) is 36.9 Å². The maximum atomic E-state index is 10.3. The Bertz CT molecular complexity index is 617. The van der Waals surface area contributed by atoms with Crippen LogP contribution >= 0.6 is 11.3 Å². The zero-order chi connectivity index (χ0) is 16.8. The lowest BCUT2D eigenvalue weighted by Gasteiger charge is -2.28. The summed E-state index contributed by atoms with van der Waals surface area (Å²) in [6, 6.07) is 12.6. The van der Waals surface area contributed by atoms with Gasteiger partial charge in [-0.15, -0.1) is 11.3 Å². The molecular weight excluding hydrogens is 322 g/mol. The minimum absolute atomic E-state index is 0.313. The van der Waals surface area contributed by atoms with E-state index in [1.54, 1.807) is 18.4 Å². The van der Waals surface area contributed by atoms with Crippen molar-refractivity contribution in [2.75, 3.05) is 26.8 Å². The number of aliphatic hydroxyl groups is 1. The fourth-order valence-electron chi connectivity index (χ4n) is 3.35. The van der Waals surface area contributed by atoms with Gasteiger partial charge in [0.05, 0.1) is 26.4 Å². The summed E-state index contributed by atoms with van der Waals surface area (Å²) in [7, 11) is 1.71. The van der Waals surface area contributed by atoms with Crippen molar-refractivity contribution in [2.45, 2.75) is 31.6 Å². The van der Waals surface area contributed by atoms with Crippen LogP contribution in [0.4, 0.5) is 0 Å². The van der Waals surface area contributed by atoms with Crippen molar-refractivity contribution in [2.24, 2.45) is 0 Å². The Kier molecular flexibility index (Phi) is 6.26. The molecule has 2 heterocycles. The lowest BCUT2D eigenvalue weighted by molar-refractivity contribution is 0.00835. The molecule has 0 bridgehead atoms. The van der Waals surface area contributed by atoms with Crippen LogP contribution in [0.25, 0.3) is 0 Å². The minimum atomic E-state index is -0.472. The summed E-state index contributed by atoms with van der Waals surface area (Å²) >= 11 is 1.68. The number of hydrogen-bond acceptors (Lipinski definition) is 5. The molecule has 2 unspecified atom stereocenters. The molecule has 0 amide bonds. The number of para-hydroxylation sites is 1. The predicted octanol–water partition coefficient (Wildman–Crippen LogP) is 3.47. The lowest BCUT2D eigenvalue weighted by Crippen LogP contribution is -2.34. The van der Waals surface area contributed by atoms with Crippen LogP contribution in [0.2, 0.25) is 0 Å². The highest BCUT2D eigenvalue weighted by atomic mass is 32.1. The molecule has 1 aromatic heterocycles. The molecule has 1 N–H and O–H groups in total. The van der Waals surface area contributed by atoms with E-state index >= 15 is 0 Å². The number of nitrogens with zero attached hydrogens (tertiary/aromatic N) is 1. The van der Waals surface area contributed by atoms with E-state index in [9.17, 15) is 5.11 Å². The standard InChI is InChI=1S/C19H25NO3S/c1-22-19-9-3-2-7-17(19)18-8-4-10-20(18)12-15(21)13-23-14-16-6-5-11-24-16/h2-3,5-7,9,11,15,18,21H,4,8,10,12-14H2,1H3. The topological polar surface area (TPSA) is 41.9 Å². The van der Waals surface area contributed by atoms with Gasteiger partial charge in [-0.25, -0.2) is 0 Å². The summed E-state index contributed by atoms with van der Waals surface area (Å²) in [5.74, 6) is 0.929. The molecular formula is C19H25NO3S. The molecule has 1 aliphatic rings. The number of hydrogen-bond donors (Lipinski definition) is 1. The van der Waals surface area contributed by atoms with Crippen LogP contribution < -0.4 is 4.74 Å². The van der Waals surface area contributed by atoms with E-state index < -0.39 is 6.10 Å². The van der Waals surface area contributed by atoms with E-state index in [0.29, 0.717) is 25.8 Å². The fraction of sp³-hybridized carbons (Fsp3) is 0.474. The van der Waals surface area contributed by atoms with Crippen LogP contribution in [0.15, 0.2) is 41.8 Å². The largest absolute Gasteiger partial charge is 0.496 e. The zero-order valence-corrected chi connectivity index (χ0v) is 14.9. The molecule has 1 aliphatic heterocycles. The predicted molar refractivity (Wildman–Crippen MR) is 96.5 cm³/mol. The van der Waals surface area contributed by atoms with Gasteiger partial charge in [0, 0.05) is 23.0 Å². The Labute approximate surface area is 147 Å². The van der Waals surface area contributed by atoms with E-state index in [2.05, 4.69) is 23.1 Å². The Morgan fingerprint density at radius 1 is 1.29 bits per heavy atom. The van der Waals surface area contributed by atoms with Gasteiger partial charge in [0.2, 0.25) is 0 Å². The first-order valence-corrected chi connectivity index (χ1v) is 9.31. The first kappa shape index (κ1) is 17.4. The Balaban J connectivity index is 1.53. The van der Waals surface area contributed by atoms with Gasteiger partial charge in [-0.1, -0.05) is 24.3 Å². The molecule has 24 heavy (non-hydrogen) atoms. The van der Waals surface area contributed by atoms with Crippen LogP contribution in [0.1, 0.15) is 29.3 Å². The van der Waals surface area contributed by atoms with E-state index in [-0.39, 0.29) is 0 Å². The third-order valence-corrected chi connectivity index (χ3v) is 5.29. The van der Waals surface area contributed by atoms with Crippen LogP contribution in [0.3, 0.4) is 0 Å². The summed E-state index contributed by atoms with van der Waals surface area (Å²) in [6.45, 7) is 2.58. The highest BCUT2D eigenvalue weighted by molar-refractivity contribution is 7.09. The van der Waals surface area contributed by atoms with Crippen molar-refractivity contribution in [1.29, 1.82) is 0 Å². The number of aliphatic hydroxyl groups excluding tert-OH is 1. The SMILES string of the molecule is COc1ccccc1C1CCCN1CC(O)COCc1cccs1. The summed E-state index contributed by atoms with van der Waals surface area (Å²) in [4.78, 5) is 3.53. The summed E-state index contributed by atoms with van der Waals surface area (Å²) < 4.78 is 11.1. The minimum Gasteiger partial charge on any atom is -0.496 e. The Morgan fingerprint density at radius 3 is 2.96 bits per heavy atom. The van der Waals surface area contributed by atoms with Crippen molar-refractivity contribution < 1.29 is 14.6 Å². The zero-order valence-electron chi connectivity index (χ0n) is 14.1. The number of β-amino-alcohol motifs (C(OH)–C–C–N with tert-alkyl or cyclic N) is 1. The average molecular weight is 347 g/mol. The first-order valence-electron chi connectivity index (χ1n) is 8.43. The van der Waals surface area contributed by atoms with Crippen LogP contribution in [-0.4, -0.2) is 42.9 Å². The summed E-state index contributed by atoms with van der Waals surface area (Å²) in [5, 5.41) is 12.4. The smallest absolute Gasteiger partial charge is 0.123 e. The van der Waals surface area contributed by atoms with Gasteiger partial charge in [0.25, 0.3) is 0 Å². The highest BCUT2D eigenvalue weighted by Crippen LogP contribution is 2.36.